The second kappa shape index (κ2) is 6.74. The zero-order valence-electron chi connectivity index (χ0n) is 12.7. The Balaban J connectivity index is 1.80. The molecule has 1 aromatic carbocycles. The maximum absolute atomic E-state index is 5.88. The first-order valence-electron chi connectivity index (χ1n) is 7.17. The van der Waals surface area contributed by atoms with Crippen molar-refractivity contribution in [3.05, 3.63) is 60.4 Å². The van der Waals surface area contributed by atoms with Crippen molar-refractivity contribution < 1.29 is 4.74 Å². The van der Waals surface area contributed by atoms with Gasteiger partial charge < -0.3 is 15.8 Å². The van der Waals surface area contributed by atoms with Crippen molar-refractivity contribution >= 4 is 11.6 Å². The predicted octanol–water partition coefficient (Wildman–Crippen LogP) is 2.74. The van der Waals surface area contributed by atoms with Crippen LogP contribution in [0, 0.1) is 0 Å². The molecule has 6 nitrogen and oxygen atoms in total. The Labute approximate surface area is 134 Å². The maximum Gasteiger partial charge on any atom is 0.165 e. The van der Waals surface area contributed by atoms with Crippen LogP contribution in [-0.2, 0) is 6.54 Å². The van der Waals surface area contributed by atoms with Gasteiger partial charge in [0.25, 0.3) is 0 Å². The van der Waals surface area contributed by atoms with E-state index in [1.807, 2.05) is 42.5 Å². The highest BCUT2D eigenvalue weighted by molar-refractivity contribution is 5.68. The standard InChI is InChI=1S/C17H17N5O/c1-23-14-7-3-2-5-12(14)11-21-15-8-10-20-17(22-15)13-6-4-9-19-16(13)18/h2-10H,11H2,1H3,(H2,18,19)(H,20,21,22). The van der Waals surface area contributed by atoms with Crippen molar-refractivity contribution in [2.24, 2.45) is 0 Å². The lowest BCUT2D eigenvalue weighted by Gasteiger charge is -2.10. The number of nitrogens with two attached hydrogens (primary N) is 1. The minimum atomic E-state index is 0.411. The van der Waals surface area contributed by atoms with Gasteiger partial charge in [0.1, 0.15) is 17.4 Å². The average molecular weight is 307 g/mol. The Hall–Kier alpha value is -3.15. The third-order valence-corrected chi connectivity index (χ3v) is 3.39. The molecule has 0 radical (unpaired) electrons. The summed E-state index contributed by atoms with van der Waals surface area (Å²) < 4.78 is 5.34. The summed E-state index contributed by atoms with van der Waals surface area (Å²) in [6.07, 6.45) is 3.34. The van der Waals surface area contributed by atoms with Crippen LogP contribution < -0.4 is 15.8 Å². The summed E-state index contributed by atoms with van der Waals surface area (Å²) in [5.74, 6) is 2.50. The van der Waals surface area contributed by atoms with Crippen molar-refractivity contribution in [3.63, 3.8) is 0 Å². The molecule has 0 saturated carbocycles. The first kappa shape index (κ1) is 14.8. The van der Waals surface area contributed by atoms with E-state index in [1.165, 1.54) is 0 Å². The summed E-state index contributed by atoms with van der Waals surface area (Å²) in [6, 6.07) is 13.3. The Morgan fingerprint density at radius 2 is 1.91 bits per heavy atom. The van der Waals surface area contributed by atoms with Crippen LogP contribution in [0.15, 0.2) is 54.9 Å². The van der Waals surface area contributed by atoms with Gasteiger partial charge in [-0.3, -0.25) is 0 Å². The van der Waals surface area contributed by atoms with Crippen molar-refractivity contribution in [1.29, 1.82) is 0 Å². The van der Waals surface area contributed by atoms with Gasteiger partial charge in [-0.05, 0) is 24.3 Å². The number of hydrogen-bond acceptors (Lipinski definition) is 6. The van der Waals surface area contributed by atoms with E-state index in [-0.39, 0.29) is 0 Å². The van der Waals surface area contributed by atoms with E-state index < -0.39 is 0 Å². The van der Waals surface area contributed by atoms with E-state index in [9.17, 15) is 0 Å². The van der Waals surface area contributed by atoms with Crippen LogP contribution in [0.5, 0.6) is 5.75 Å². The Morgan fingerprint density at radius 1 is 1.04 bits per heavy atom. The Morgan fingerprint density at radius 3 is 2.74 bits per heavy atom. The third-order valence-electron chi connectivity index (χ3n) is 3.39. The molecule has 2 heterocycles. The largest absolute Gasteiger partial charge is 0.496 e. The predicted molar refractivity (Wildman–Crippen MR) is 90.0 cm³/mol. The maximum atomic E-state index is 5.88. The molecule has 116 valence electrons. The number of pyridine rings is 1. The van der Waals surface area contributed by atoms with E-state index in [1.54, 1.807) is 19.5 Å². The molecule has 0 bridgehead atoms. The fourth-order valence-electron chi connectivity index (χ4n) is 2.23. The number of anilines is 2. The summed E-state index contributed by atoms with van der Waals surface area (Å²) in [6.45, 7) is 0.600. The van der Waals surface area contributed by atoms with Crippen LogP contribution in [0.25, 0.3) is 11.4 Å². The normalized spacial score (nSPS) is 10.3. The molecule has 3 N–H and O–H groups in total. The number of nitrogen functional groups attached to an aromatic ring is 1. The Kier molecular flexibility index (Phi) is 4.33. The molecule has 3 rings (SSSR count). The molecular formula is C17H17N5O. The van der Waals surface area contributed by atoms with Gasteiger partial charge in [-0.15, -0.1) is 0 Å². The van der Waals surface area contributed by atoms with Gasteiger partial charge in [0, 0.05) is 24.5 Å². The molecule has 3 aromatic rings. The summed E-state index contributed by atoms with van der Waals surface area (Å²) in [7, 11) is 1.66. The zero-order chi connectivity index (χ0) is 16.1. The van der Waals surface area contributed by atoms with E-state index in [0.29, 0.717) is 29.6 Å². The smallest absolute Gasteiger partial charge is 0.165 e. The lowest BCUT2D eigenvalue weighted by molar-refractivity contribution is 0.410. The number of benzene rings is 1. The second-order valence-electron chi connectivity index (χ2n) is 4.87. The quantitative estimate of drug-likeness (QED) is 0.754. The van der Waals surface area contributed by atoms with Crippen LogP contribution in [0.1, 0.15) is 5.56 Å². The molecular weight excluding hydrogens is 290 g/mol. The number of para-hydroxylation sites is 1. The Bertz CT molecular complexity index is 806. The lowest BCUT2D eigenvalue weighted by Crippen LogP contribution is -2.04. The minimum absolute atomic E-state index is 0.411. The van der Waals surface area contributed by atoms with Crippen LogP contribution in [-0.4, -0.2) is 22.1 Å². The van der Waals surface area contributed by atoms with Crippen molar-refractivity contribution in [2.45, 2.75) is 6.54 Å². The average Bonchev–Trinajstić information content (AvgIpc) is 2.61. The van der Waals surface area contributed by atoms with Gasteiger partial charge in [0.2, 0.25) is 0 Å². The first-order valence-corrected chi connectivity index (χ1v) is 7.17. The van der Waals surface area contributed by atoms with Crippen LogP contribution in [0.4, 0.5) is 11.6 Å². The van der Waals surface area contributed by atoms with E-state index in [0.717, 1.165) is 11.3 Å². The first-order chi connectivity index (χ1) is 11.3. The SMILES string of the molecule is COc1ccccc1CNc1ccnc(-c2cccnc2N)n1. The summed E-state index contributed by atoms with van der Waals surface area (Å²) in [5, 5.41) is 3.27. The molecule has 0 aliphatic carbocycles. The van der Waals surface area contributed by atoms with Gasteiger partial charge in [-0.1, -0.05) is 18.2 Å². The molecule has 0 spiro atoms. The number of rotatable bonds is 5. The molecule has 0 amide bonds. The second-order valence-corrected chi connectivity index (χ2v) is 4.87. The lowest BCUT2D eigenvalue weighted by atomic mass is 10.2. The number of nitrogens with one attached hydrogen (secondary N) is 1. The third kappa shape index (κ3) is 3.37. The summed E-state index contributed by atoms with van der Waals surface area (Å²) in [5.41, 5.74) is 7.65. The number of ether oxygens (including phenoxy) is 1. The number of methoxy groups -OCH3 is 1. The van der Waals surface area contributed by atoms with E-state index in [4.69, 9.17) is 10.5 Å². The highest BCUT2D eigenvalue weighted by atomic mass is 16.5. The van der Waals surface area contributed by atoms with Crippen LogP contribution in [0.3, 0.4) is 0 Å². The van der Waals surface area contributed by atoms with Gasteiger partial charge in [-0.2, -0.15) is 0 Å². The molecule has 2 aromatic heterocycles. The monoisotopic (exact) mass is 307 g/mol. The highest BCUT2D eigenvalue weighted by Gasteiger charge is 2.07. The highest BCUT2D eigenvalue weighted by Crippen LogP contribution is 2.22. The molecule has 6 heteroatoms. The van der Waals surface area contributed by atoms with Gasteiger partial charge in [-0.25, -0.2) is 15.0 Å². The molecule has 0 aliphatic heterocycles. The molecule has 0 unspecified atom stereocenters. The summed E-state index contributed by atoms with van der Waals surface area (Å²) in [4.78, 5) is 12.8. The van der Waals surface area contributed by atoms with Crippen molar-refractivity contribution in [1.82, 2.24) is 15.0 Å². The number of aromatic nitrogens is 3. The van der Waals surface area contributed by atoms with E-state index in [2.05, 4.69) is 20.3 Å². The van der Waals surface area contributed by atoms with Gasteiger partial charge >= 0.3 is 0 Å². The molecule has 0 aliphatic rings. The number of nitrogens with zero attached hydrogens (tertiary/aromatic N) is 3. The van der Waals surface area contributed by atoms with Crippen LogP contribution in [0.2, 0.25) is 0 Å². The molecule has 0 fully saturated rings. The molecule has 0 saturated heterocycles. The number of hydrogen-bond donors (Lipinski definition) is 2. The van der Waals surface area contributed by atoms with Crippen molar-refractivity contribution in [3.8, 4) is 17.1 Å². The van der Waals surface area contributed by atoms with E-state index >= 15 is 0 Å². The van der Waals surface area contributed by atoms with Crippen molar-refractivity contribution in [2.75, 3.05) is 18.2 Å². The summed E-state index contributed by atoms with van der Waals surface area (Å²) >= 11 is 0. The fraction of sp³-hybridized carbons (Fsp3) is 0.118. The zero-order valence-corrected chi connectivity index (χ0v) is 12.7. The van der Waals surface area contributed by atoms with Crippen LogP contribution >= 0.6 is 0 Å². The molecule has 0 atom stereocenters. The van der Waals surface area contributed by atoms with Gasteiger partial charge in [0.05, 0.1) is 12.7 Å². The fourth-order valence-corrected chi connectivity index (χ4v) is 2.23. The molecule has 23 heavy (non-hydrogen) atoms. The minimum Gasteiger partial charge on any atom is -0.496 e. The van der Waals surface area contributed by atoms with Gasteiger partial charge in [0.15, 0.2) is 5.82 Å². The topological polar surface area (TPSA) is 86.0 Å².